The van der Waals surface area contributed by atoms with Gasteiger partial charge in [-0.1, -0.05) is 30.3 Å². The van der Waals surface area contributed by atoms with Gasteiger partial charge in [-0.25, -0.2) is 4.79 Å². The molecule has 0 aliphatic rings. The van der Waals surface area contributed by atoms with Crippen LogP contribution in [0.25, 0.3) is 11.3 Å². The van der Waals surface area contributed by atoms with Crippen molar-refractivity contribution in [3.05, 3.63) is 41.1 Å². The van der Waals surface area contributed by atoms with Crippen LogP contribution in [0.15, 0.2) is 28.8 Å². The van der Waals surface area contributed by atoms with Crippen molar-refractivity contribution in [2.24, 2.45) is 0 Å². The summed E-state index contributed by atoms with van der Waals surface area (Å²) in [5.41, 5.74) is -1.50. The first kappa shape index (κ1) is 14.1. The zero-order valence-electron chi connectivity index (χ0n) is 10.4. The highest BCUT2D eigenvalue weighted by Crippen LogP contribution is 2.38. The average molecular weight is 285 g/mol. The molecule has 1 N–H and O–H groups in total. The maximum atomic E-state index is 12.9. The minimum absolute atomic E-state index is 0.115. The van der Waals surface area contributed by atoms with E-state index in [0.717, 1.165) is 12.1 Å². The van der Waals surface area contributed by atoms with Gasteiger partial charge in [-0.15, -0.1) is 0 Å². The van der Waals surface area contributed by atoms with Crippen molar-refractivity contribution in [1.82, 2.24) is 5.16 Å². The van der Waals surface area contributed by atoms with Gasteiger partial charge in [0.05, 0.1) is 11.3 Å². The van der Waals surface area contributed by atoms with Crippen LogP contribution in [0.5, 0.6) is 0 Å². The molecule has 0 saturated heterocycles. The molecule has 2 aromatic rings. The van der Waals surface area contributed by atoms with Gasteiger partial charge in [0, 0.05) is 5.56 Å². The van der Waals surface area contributed by atoms with Crippen LogP contribution in [-0.4, -0.2) is 16.2 Å². The van der Waals surface area contributed by atoms with Crippen LogP contribution in [-0.2, 0) is 12.6 Å². The summed E-state index contributed by atoms with van der Waals surface area (Å²) in [6.45, 7) is 1.64. The lowest BCUT2D eigenvalue weighted by atomic mass is 10.0. The van der Waals surface area contributed by atoms with Gasteiger partial charge in [-0.05, 0) is 12.5 Å². The zero-order valence-corrected chi connectivity index (χ0v) is 10.4. The molecule has 106 valence electrons. The molecule has 7 heteroatoms. The number of carbonyl (C=O) groups is 1. The van der Waals surface area contributed by atoms with Crippen LogP contribution in [0, 0.1) is 0 Å². The number of hydrogen-bond acceptors (Lipinski definition) is 3. The number of hydrogen-bond donors (Lipinski definition) is 1. The molecule has 0 unspecified atom stereocenters. The number of benzene rings is 1. The molecule has 0 bridgehead atoms. The fraction of sp³-hybridized carbons (Fsp3) is 0.231. The Balaban J connectivity index is 2.70. The van der Waals surface area contributed by atoms with Gasteiger partial charge < -0.3 is 9.63 Å². The van der Waals surface area contributed by atoms with Crippen LogP contribution >= 0.6 is 0 Å². The second kappa shape index (κ2) is 4.99. The molecule has 1 aromatic heterocycles. The highest BCUT2D eigenvalue weighted by molar-refractivity contribution is 5.96. The minimum atomic E-state index is -4.61. The normalized spacial score (nSPS) is 11.6. The fourth-order valence-corrected chi connectivity index (χ4v) is 1.90. The van der Waals surface area contributed by atoms with Gasteiger partial charge >= 0.3 is 12.1 Å². The number of alkyl halides is 3. The Hall–Kier alpha value is -2.31. The lowest BCUT2D eigenvalue weighted by molar-refractivity contribution is -0.137. The van der Waals surface area contributed by atoms with Gasteiger partial charge in [-0.3, -0.25) is 0 Å². The molecule has 0 saturated carbocycles. The first-order chi connectivity index (χ1) is 9.36. The van der Waals surface area contributed by atoms with E-state index in [1.165, 1.54) is 12.1 Å². The molecule has 0 fully saturated rings. The maximum Gasteiger partial charge on any atom is 0.417 e. The Labute approximate surface area is 111 Å². The third kappa shape index (κ3) is 2.38. The number of nitrogens with zero attached hydrogens (tertiary/aromatic N) is 1. The number of aryl methyl sites for hydroxylation is 1. The molecular formula is C13H10F3NO3. The Morgan fingerprint density at radius 2 is 2.00 bits per heavy atom. The summed E-state index contributed by atoms with van der Waals surface area (Å²) in [6.07, 6.45) is -4.36. The number of halogens is 3. The van der Waals surface area contributed by atoms with Crippen molar-refractivity contribution in [3.63, 3.8) is 0 Å². The Kier molecular flexibility index (Phi) is 3.52. The van der Waals surface area contributed by atoms with Crippen molar-refractivity contribution in [3.8, 4) is 11.3 Å². The lowest BCUT2D eigenvalue weighted by Gasteiger charge is -2.10. The summed E-state index contributed by atoms with van der Waals surface area (Å²) in [7, 11) is 0. The Morgan fingerprint density at radius 3 is 2.55 bits per heavy atom. The summed E-state index contributed by atoms with van der Waals surface area (Å²) < 4.78 is 43.7. The number of rotatable bonds is 3. The van der Waals surface area contributed by atoms with Crippen LogP contribution in [0.3, 0.4) is 0 Å². The lowest BCUT2D eigenvalue weighted by Crippen LogP contribution is -2.08. The van der Waals surface area contributed by atoms with Gasteiger partial charge in [0.2, 0.25) is 0 Å². The zero-order chi connectivity index (χ0) is 14.9. The maximum absolute atomic E-state index is 12.9. The van der Waals surface area contributed by atoms with E-state index in [1.54, 1.807) is 6.92 Å². The van der Waals surface area contributed by atoms with Gasteiger partial charge in [-0.2, -0.15) is 13.2 Å². The monoisotopic (exact) mass is 285 g/mol. The molecule has 4 nitrogen and oxygen atoms in total. The highest BCUT2D eigenvalue weighted by atomic mass is 19.4. The number of carboxylic acids is 1. The third-order valence-electron chi connectivity index (χ3n) is 2.79. The van der Waals surface area contributed by atoms with Crippen LogP contribution < -0.4 is 0 Å². The topological polar surface area (TPSA) is 63.3 Å². The van der Waals surface area contributed by atoms with E-state index < -0.39 is 17.7 Å². The van der Waals surface area contributed by atoms with Crippen LogP contribution in [0.4, 0.5) is 13.2 Å². The molecule has 2 rings (SSSR count). The number of aromatic carboxylic acids is 1. The molecular weight excluding hydrogens is 275 g/mol. The van der Waals surface area contributed by atoms with E-state index in [0.29, 0.717) is 0 Å². The molecule has 1 heterocycles. The van der Waals surface area contributed by atoms with Crippen molar-refractivity contribution in [1.29, 1.82) is 0 Å². The molecule has 0 amide bonds. The van der Waals surface area contributed by atoms with Crippen molar-refractivity contribution in [2.45, 2.75) is 19.5 Å². The predicted molar refractivity (Wildman–Crippen MR) is 63.3 cm³/mol. The van der Waals surface area contributed by atoms with E-state index in [-0.39, 0.29) is 29.0 Å². The molecule has 0 radical (unpaired) electrons. The molecule has 1 aromatic carbocycles. The fourth-order valence-electron chi connectivity index (χ4n) is 1.90. The summed E-state index contributed by atoms with van der Waals surface area (Å²) in [6, 6.07) is 4.64. The van der Waals surface area contributed by atoms with E-state index in [1.807, 2.05) is 0 Å². The van der Waals surface area contributed by atoms with Crippen LogP contribution in [0.1, 0.15) is 28.5 Å². The molecule has 0 aliphatic carbocycles. The largest absolute Gasteiger partial charge is 0.477 e. The summed E-state index contributed by atoms with van der Waals surface area (Å²) in [5, 5.41) is 12.7. The number of carboxylic acid groups (broad SMARTS) is 1. The summed E-state index contributed by atoms with van der Waals surface area (Å²) in [5.74, 6) is -1.74. The quantitative estimate of drug-likeness (QED) is 0.935. The van der Waals surface area contributed by atoms with E-state index >= 15 is 0 Å². The second-order valence-corrected chi connectivity index (χ2v) is 4.04. The second-order valence-electron chi connectivity index (χ2n) is 4.04. The van der Waals surface area contributed by atoms with Crippen molar-refractivity contribution in [2.75, 3.05) is 0 Å². The molecule has 0 spiro atoms. The smallest absolute Gasteiger partial charge is 0.417 e. The van der Waals surface area contributed by atoms with Crippen molar-refractivity contribution >= 4 is 5.97 Å². The molecule has 0 atom stereocenters. The van der Waals surface area contributed by atoms with Crippen molar-refractivity contribution < 1.29 is 27.6 Å². The third-order valence-corrected chi connectivity index (χ3v) is 2.79. The SMILES string of the molecule is CCc1noc(-c2ccccc2C(F)(F)F)c1C(=O)O. The van der Waals surface area contributed by atoms with Crippen LogP contribution in [0.2, 0.25) is 0 Å². The molecule has 20 heavy (non-hydrogen) atoms. The average Bonchev–Trinajstić information content (AvgIpc) is 2.81. The highest BCUT2D eigenvalue weighted by Gasteiger charge is 2.36. The summed E-state index contributed by atoms with van der Waals surface area (Å²) in [4.78, 5) is 11.2. The molecule has 0 aliphatic heterocycles. The predicted octanol–water partition coefficient (Wildman–Crippen LogP) is 3.62. The minimum Gasteiger partial charge on any atom is -0.477 e. The van der Waals surface area contributed by atoms with E-state index in [4.69, 9.17) is 9.63 Å². The Morgan fingerprint density at radius 1 is 1.35 bits per heavy atom. The van der Waals surface area contributed by atoms with Gasteiger partial charge in [0.25, 0.3) is 0 Å². The van der Waals surface area contributed by atoms with E-state index in [9.17, 15) is 18.0 Å². The number of aromatic nitrogens is 1. The Bertz CT molecular complexity index is 647. The first-order valence-electron chi connectivity index (χ1n) is 5.74. The summed E-state index contributed by atoms with van der Waals surface area (Å²) >= 11 is 0. The van der Waals surface area contributed by atoms with Gasteiger partial charge in [0.1, 0.15) is 5.56 Å². The first-order valence-corrected chi connectivity index (χ1v) is 5.74. The standard InChI is InChI=1S/C13H10F3NO3/c1-2-9-10(12(18)19)11(20-17-9)7-5-3-4-6-8(7)13(14,15)16/h3-6H,2H2,1H3,(H,18,19). The van der Waals surface area contributed by atoms with Gasteiger partial charge in [0.15, 0.2) is 5.76 Å². The van der Waals surface area contributed by atoms with E-state index in [2.05, 4.69) is 5.16 Å².